The van der Waals surface area contributed by atoms with E-state index in [1.54, 1.807) is 4.68 Å². The van der Waals surface area contributed by atoms with Gasteiger partial charge in [0, 0.05) is 18.8 Å². The Bertz CT molecular complexity index is 312. The Balaban J connectivity index is 2.79. The lowest BCUT2D eigenvalue weighted by Crippen LogP contribution is -2.34. The van der Waals surface area contributed by atoms with Crippen LogP contribution in [-0.2, 0) is 7.05 Å². The van der Waals surface area contributed by atoms with Crippen LogP contribution in [0.1, 0.15) is 37.6 Å². The van der Waals surface area contributed by atoms with Gasteiger partial charge in [-0.2, -0.15) is 5.10 Å². The second kappa shape index (κ2) is 3.71. The summed E-state index contributed by atoms with van der Waals surface area (Å²) in [5.74, 6) is 0. The van der Waals surface area contributed by atoms with Crippen molar-refractivity contribution in [1.29, 1.82) is 0 Å². The molecule has 0 spiro atoms. The number of aliphatic hydroxyl groups excluding tert-OH is 1. The quantitative estimate of drug-likeness (QED) is 0.756. The van der Waals surface area contributed by atoms with Gasteiger partial charge in [-0.25, -0.2) is 0 Å². The number of aryl methyl sites for hydroxylation is 2. The number of hydrogen-bond acceptors (Lipinski definition) is 3. The van der Waals surface area contributed by atoms with Crippen molar-refractivity contribution in [2.45, 2.75) is 38.8 Å². The summed E-state index contributed by atoms with van der Waals surface area (Å²) >= 11 is 0. The summed E-state index contributed by atoms with van der Waals surface area (Å²) in [4.78, 5) is 0. The summed E-state index contributed by atoms with van der Waals surface area (Å²) in [7, 11) is 1.84. The van der Waals surface area contributed by atoms with Gasteiger partial charge >= 0.3 is 0 Å². The van der Waals surface area contributed by atoms with E-state index >= 15 is 0 Å². The van der Waals surface area contributed by atoms with Crippen LogP contribution in [0, 0.1) is 6.92 Å². The predicted molar refractivity (Wildman–Crippen MR) is 55.8 cm³/mol. The minimum absolute atomic E-state index is 0.372. The molecular formula is C10H19N3O. The summed E-state index contributed by atoms with van der Waals surface area (Å²) in [5, 5.41) is 14.1. The highest BCUT2D eigenvalue weighted by molar-refractivity contribution is 5.17. The molecule has 0 bridgehead atoms. The summed E-state index contributed by atoms with van der Waals surface area (Å²) in [6.07, 6.45) is 1.84. The fourth-order valence-corrected chi connectivity index (χ4v) is 1.55. The highest BCUT2D eigenvalue weighted by atomic mass is 16.3. The van der Waals surface area contributed by atoms with Gasteiger partial charge in [0.05, 0.1) is 11.8 Å². The Morgan fingerprint density at radius 3 is 2.57 bits per heavy atom. The second-order valence-electron chi connectivity index (χ2n) is 4.58. The average Bonchev–Trinajstić information content (AvgIpc) is 2.26. The number of aromatic nitrogens is 2. The fourth-order valence-electron chi connectivity index (χ4n) is 1.55. The first-order valence-corrected chi connectivity index (χ1v) is 4.77. The lowest BCUT2D eigenvalue weighted by molar-refractivity contribution is 0.136. The topological polar surface area (TPSA) is 64.1 Å². The maximum absolute atomic E-state index is 9.89. The molecule has 0 fully saturated rings. The van der Waals surface area contributed by atoms with Crippen LogP contribution in [0.5, 0.6) is 0 Å². The normalized spacial score (nSPS) is 14.4. The first-order chi connectivity index (χ1) is 6.29. The van der Waals surface area contributed by atoms with Crippen LogP contribution in [0.25, 0.3) is 0 Å². The predicted octanol–water partition coefficient (Wildman–Crippen LogP) is 0.889. The summed E-state index contributed by atoms with van der Waals surface area (Å²) in [5.41, 5.74) is 7.20. The van der Waals surface area contributed by atoms with Gasteiger partial charge in [0.25, 0.3) is 0 Å². The van der Waals surface area contributed by atoms with Gasteiger partial charge in [-0.15, -0.1) is 0 Å². The third-order valence-electron chi connectivity index (χ3n) is 2.09. The Labute approximate surface area is 84.7 Å². The zero-order valence-corrected chi connectivity index (χ0v) is 9.28. The van der Waals surface area contributed by atoms with E-state index in [9.17, 15) is 5.11 Å². The lowest BCUT2D eigenvalue weighted by Gasteiger charge is -2.21. The van der Waals surface area contributed by atoms with Crippen LogP contribution >= 0.6 is 0 Å². The average molecular weight is 197 g/mol. The Morgan fingerprint density at radius 2 is 2.21 bits per heavy atom. The van der Waals surface area contributed by atoms with E-state index < -0.39 is 6.10 Å². The molecule has 0 aliphatic rings. The molecule has 14 heavy (non-hydrogen) atoms. The minimum atomic E-state index is -0.573. The van der Waals surface area contributed by atoms with E-state index in [1.807, 2.05) is 34.0 Å². The van der Waals surface area contributed by atoms with E-state index in [-0.39, 0.29) is 5.54 Å². The number of aliphatic hydroxyl groups is 1. The molecule has 1 unspecified atom stereocenters. The van der Waals surface area contributed by atoms with E-state index in [2.05, 4.69) is 5.10 Å². The van der Waals surface area contributed by atoms with Crippen LogP contribution in [0.2, 0.25) is 0 Å². The third-order valence-corrected chi connectivity index (χ3v) is 2.09. The van der Waals surface area contributed by atoms with Crippen LogP contribution in [0.3, 0.4) is 0 Å². The molecule has 1 aromatic rings. The monoisotopic (exact) mass is 197 g/mol. The number of nitrogens with two attached hydrogens (primary N) is 1. The van der Waals surface area contributed by atoms with E-state index in [0.717, 1.165) is 11.3 Å². The Morgan fingerprint density at radius 1 is 1.64 bits per heavy atom. The molecule has 0 aliphatic carbocycles. The maximum Gasteiger partial charge on any atom is 0.0998 e. The second-order valence-corrected chi connectivity index (χ2v) is 4.58. The highest BCUT2D eigenvalue weighted by Crippen LogP contribution is 2.23. The van der Waals surface area contributed by atoms with Crippen LogP contribution in [0.15, 0.2) is 6.20 Å². The highest BCUT2D eigenvalue weighted by Gasteiger charge is 2.21. The smallest absolute Gasteiger partial charge is 0.0998 e. The first kappa shape index (κ1) is 11.2. The van der Waals surface area contributed by atoms with Crippen LogP contribution in [0.4, 0.5) is 0 Å². The van der Waals surface area contributed by atoms with Crippen molar-refractivity contribution in [2.75, 3.05) is 0 Å². The molecule has 1 heterocycles. The SMILES string of the molecule is Cc1cn(C)nc1C(O)CC(C)(C)N. The molecule has 0 amide bonds. The molecule has 0 saturated carbocycles. The van der Waals surface area contributed by atoms with Crippen molar-refractivity contribution in [3.63, 3.8) is 0 Å². The molecule has 0 radical (unpaired) electrons. The number of nitrogens with zero attached hydrogens (tertiary/aromatic N) is 2. The van der Waals surface area contributed by atoms with Gasteiger partial charge in [-0.1, -0.05) is 0 Å². The molecule has 0 aliphatic heterocycles. The van der Waals surface area contributed by atoms with Gasteiger partial charge in [0.1, 0.15) is 0 Å². The zero-order valence-electron chi connectivity index (χ0n) is 9.28. The summed E-state index contributed by atoms with van der Waals surface area (Å²) < 4.78 is 1.71. The van der Waals surface area contributed by atoms with Gasteiger partial charge in [-0.3, -0.25) is 4.68 Å². The van der Waals surface area contributed by atoms with Crippen molar-refractivity contribution in [1.82, 2.24) is 9.78 Å². The van der Waals surface area contributed by atoms with Crippen molar-refractivity contribution in [3.8, 4) is 0 Å². The van der Waals surface area contributed by atoms with Crippen molar-refractivity contribution in [3.05, 3.63) is 17.5 Å². The first-order valence-electron chi connectivity index (χ1n) is 4.77. The van der Waals surface area contributed by atoms with Gasteiger partial charge < -0.3 is 10.8 Å². The molecule has 0 saturated heterocycles. The van der Waals surface area contributed by atoms with E-state index in [4.69, 9.17) is 5.73 Å². The molecule has 1 atom stereocenters. The summed E-state index contributed by atoms with van der Waals surface area (Å²) in [6, 6.07) is 0. The maximum atomic E-state index is 9.89. The molecule has 3 N–H and O–H groups in total. The van der Waals surface area contributed by atoms with Crippen molar-refractivity contribution in [2.24, 2.45) is 12.8 Å². The molecule has 1 rings (SSSR count). The molecular weight excluding hydrogens is 178 g/mol. The van der Waals surface area contributed by atoms with Gasteiger partial charge in [0.15, 0.2) is 0 Å². The van der Waals surface area contributed by atoms with Crippen molar-refractivity contribution < 1.29 is 5.11 Å². The Hall–Kier alpha value is -0.870. The number of rotatable bonds is 3. The van der Waals surface area contributed by atoms with Crippen LogP contribution in [-0.4, -0.2) is 20.4 Å². The minimum Gasteiger partial charge on any atom is -0.387 e. The molecule has 1 aromatic heterocycles. The van der Waals surface area contributed by atoms with Crippen LogP contribution < -0.4 is 5.73 Å². The zero-order chi connectivity index (χ0) is 10.9. The summed E-state index contributed by atoms with van der Waals surface area (Å²) in [6.45, 7) is 5.73. The molecule has 4 nitrogen and oxygen atoms in total. The Kier molecular flexibility index (Phi) is 2.97. The number of hydrogen-bond donors (Lipinski definition) is 2. The third kappa shape index (κ3) is 2.82. The molecule has 0 aromatic carbocycles. The lowest BCUT2D eigenvalue weighted by atomic mass is 9.95. The van der Waals surface area contributed by atoms with Gasteiger partial charge in [-0.05, 0) is 32.8 Å². The van der Waals surface area contributed by atoms with Gasteiger partial charge in [0.2, 0.25) is 0 Å². The van der Waals surface area contributed by atoms with E-state index in [1.165, 1.54) is 0 Å². The van der Waals surface area contributed by atoms with Crippen molar-refractivity contribution >= 4 is 0 Å². The molecule has 80 valence electrons. The largest absolute Gasteiger partial charge is 0.387 e. The molecule has 4 heteroatoms. The fraction of sp³-hybridized carbons (Fsp3) is 0.700. The standard InChI is InChI=1S/C10H19N3O/c1-7-6-13(4)12-9(7)8(14)5-10(2,3)11/h6,8,14H,5,11H2,1-4H3. The van der Waals surface area contributed by atoms with E-state index in [0.29, 0.717) is 6.42 Å².